The summed E-state index contributed by atoms with van der Waals surface area (Å²) in [5, 5.41) is 8.96. The van der Waals surface area contributed by atoms with Crippen molar-refractivity contribution >= 4 is 10.1 Å². The molecule has 0 spiro atoms. The van der Waals surface area contributed by atoms with E-state index in [2.05, 4.69) is 4.18 Å². The van der Waals surface area contributed by atoms with Crippen LogP contribution in [0.4, 0.5) is 22.0 Å². The Morgan fingerprint density at radius 3 is 1.55 bits per heavy atom. The van der Waals surface area contributed by atoms with E-state index in [9.17, 15) is 30.4 Å². The van der Waals surface area contributed by atoms with Gasteiger partial charge in [-0.25, -0.2) is 8.78 Å². The average Bonchev–Trinajstić information content (AvgIpc) is 2.51. The summed E-state index contributed by atoms with van der Waals surface area (Å²) in [6.45, 7) is 10.9. The molecule has 2 aromatic rings. The van der Waals surface area contributed by atoms with Crippen LogP contribution in [-0.2, 0) is 20.9 Å². The van der Waals surface area contributed by atoms with Crippen LogP contribution in [0.1, 0.15) is 52.7 Å². The molecule has 0 saturated carbocycles. The highest BCUT2D eigenvalue weighted by atomic mass is 32.2. The van der Waals surface area contributed by atoms with Gasteiger partial charge in [-0.1, -0.05) is 53.7 Å². The molecule has 10 heteroatoms. The number of aromatic hydroxyl groups is 1. The normalized spacial score (nSPS) is 12.7. The molecule has 0 heterocycles. The lowest BCUT2D eigenvalue weighted by atomic mass is 9.87. The number of halogens is 5. The fourth-order valence-corrected chi connectivity index (χ4v) is 2.89. The first-order valence-electron chi connectivity index (χ1n) is 9.05. The van der Waals surface area contributed by atoms with Crippen molar-refractivity contribution in [2.75, 3.05) is 0 Å². The smallest absolute Gasteiger partial charge is 0.508 e. The fraction of sp³-hybridized carbons (Fsp3) is 0.429. The van der Waals surface area contributed by atoms with Gasteiger partial charge in [-0.15, -0.1) is 0 Å². The van der Waals surface area contributed by atoms with Gasteiger partial charge in [0, 0.05) is 12.1 Å². The molecule has 31 heavy (non-hydrogen) atoms. The topological polar surface area (TPSA) is 63.6 Å². The summed E-state index contributed by atoms with van der Waals surface area (Å²) in [5.74, 6) is -1.92. The lowest BCUT2D eigenvalue weighted by molar-refractivity contribution is -0.0500. The van der Waals surface area contributed by atoms with Gasteiger partial charge in [-0.05, 0) is 34.1 Å². The van der Waals surface area contributed by atoms with Crippen molar-refractivity contribution in [2.45, 2.75) is 57.9 Å². The van der Waals surface area contributed by atoms with Crippen LogP contribution >= 0.6 is 0 Å². The Bertz CT molecular complexity index is 1020. The maximum Gasteiger partial charge on any atom is 0.534 e. The Morgan fingerprint density at radius 2 is 1.19 bits per heavy atom. The molecule has 0 atom stereocenters. The van der Waals surface area contributed by atoms with E-state index in [0.29, 0.717) is 11.6 Å². The Kier molecular flexibility index (Phi) is 7.76. The standard InChI is InChI=1S/C11H12F4O3S.C10H13FO/c1-10(2,3)8-5-4-7(6-9(8)12)18-19(16,17)11(13,14)15;1-10(2,3)8-5-4-7(12)6-9(8)11/h4-6H,1-3H3;4-6,12H,1-3H3. The molecular formula is C21H25F5O4S. The molecule has 0 unspecified atom stereocenters. The van der Waals surface area contributed by atoms with Gasteiger partial charge in [0.25, 0.3) is 0 Å². The summed E-state index contributed by atoms with van der Waals surface area (Å²) >= 11 is 0. The largest absolute Gasteiger partial charge is 0.534 e. The average molecular weight is 468 g/mol. The van der Waals surface area contributed by atoms with E-state index in [1.807, 2.05) is 20.8 Å². The summed E-state index contributed by atoms with van der Waals surface area (Å²) in [6, 6.07) is 7.04. The molecular weight excluding hydrogens is 443 g/mol. The van der Waals surface area contributed by atoms with E-state index in [-0.39, 0.29) is 22.5 Å². The van der Waals surface area contributed by atoms with Crippen molar-refractivity contribution in [3.8, 4) is 11.5 Å². The molecule has 0 aliphatic rings. The minimum absolute atomic E-state index is 0.0273. The first kappa shape index (κ1) is 26.7. The molecule has 0 bridgehead atoms. The van der Waals surface area contributed by atoms with Gasteiger partial charge in [-0.2, -0.15) is 21.6 Å². The van der Waals surface area contributed by atoms with E-state index in [4.69, 9.17) is 5.11 Å². The predicted molar refractivity (Wildman–Crippen MR) is 107 cm³/mol. The first-order valence-corrected chi connectivity index (χ1v) is 10.5. The van der Waals surface area contributed by atoms with Crippen LogP contribution in [-0.4, -0.2) is 19.0 Å². The van der Waals surface area contributed by atoms with Crippen molar-refractivity contribution in [1.29, 1.82) is 0 Å². The molecule has 0 fully saturated rings. The monoisotopic (exact) mass is 468 g/mol. The zero-order valence-electron chi connectivity index (χ0n) is 17.9. The van der Waals surface area contributed by atoms with Gasteiger partial charge in [-0.3, -0.25) is 0 Å². The lowest BCUT2D eigenvalue weighted by Crippen LogP contribution is -2.28. The quantitative estimate of drug-likeness (QED) is 0.325. The Morgan fingerprint density at radius 1 is 0.774 bits per heavy atom. The van der Waals surface area contributed by atoms with Crippen LogP contribution < -0.4 is 4.18 Å². The highest BCUT2D eigenvalue weighted by Crippen LogP contribution is 2.31. The number of benzene rings is 2. The number of hydrogen-bond donors (Lipinski definition) is 1. The summed E-state index contributed by atoms with van der Waals surface area (Å²) in [4.78, 5) is 0. The van der Waals surface area contributed by atoms with E-state index < -0.39 is 32.6 Å². The Hall–Kier alpha value is -2.36. The summed E-state index contributed by atoms with van der Waals surface area (Å²) in [6.07, 6.45) is 0. The van der Waals surface area contributed by atoms with Crippen molar-refractivity contribution in [3.05, 3.63) is 59.2 Å². The molecule has 0 radical (unpaired) electrons. The van der Waals surface area contributed by atoms with Gasteiger partial charge >= 0.3 is 15.6 Å². The summed E-state index contributed by atoms with van der Waals surface area (Å²) < 4.78 is 88.4. The third-order valence-electron chi connectivity index (χ3n) is 4.00. The van der Waals surface area contributed by atoms with Crippen molar-refractivity contribution in [1.82, 2.24) is 0 Å². The molecule has 0 aliphatic carbocycles. The van der Waals surface area contributed by atoms with Gasteiger partial charge in [0.15, 0.2) is 0 Å². The zero-order chi connectivity index (χ0) is 24.4. The van der Waals surface area contributed by atoms with Crippen LogP contribution in [0, 0.1) is 11.6 Å². The van der Waals surface area contributed by atoms with Crippen LogP contribution in [0.15, 0.2) is 36.4 Å². The maximum atomic E-state index is 13.7. The molecule has 0 aliphatic heterocycles. The number of alkyl halides is 3. The van der Waals surface area contributed by atoms with E-state index in [1.165, 1.54) is 12.1 Å². The van der Waals surface area contributed by atoms with Gasteiger partial charge in [0.1, 0.15) is 23.1 Å². The second-order valence-electron chi connectivity index (χ2n) is 8.79. The van der Waals surface area contributed by atoms with Crippen LogP contribution in [0.25, 0.3) is 0 Å². The van der Waals surface area contributed by atoms with E-state index in [1.54, 1.807) is 26.8 Å². The molecule has 0 aromatic heterocycles. The second kappa shape index (κ2) is 9.02. The predicted octanol–water partition coefficient (Wildman–Crippen LogP) is 6.18. The van der Waals surface area contributed by atoms with Gasteiger partial charge in [0.05, 0.1) is 0 Å². The Balaban J connectivity index is 0.000000343. The van der Waals surface area contributed by atoms with Crippen LogP contribution in [0.2, 0.25) is 0 Å². The number of hydrogen-bond acceptors (Lipinski definition) is 4. The zero-order valence-corrected chi connectivity index (χ0v) is 18.8. The highest BCUT2D eigenvalue weighted by molar-refractivity contribution is 7.88. The molecule has 0 amide bonds. The lowest BCUT2D eigenvalue weighted by Gasteiger charge is -2.20. The summed E-state index contributed by atoms with van der Waals surface area (Å²) in [7, 11) is -5.78. The fourth-order valence-electron chi connectivity index (χ4n) is 2.44. The Labute approximate surface area is 178 Å². The first-order chi connectivity index (χ1) is 13.8. The third kappa shape index (κ3) is 7.37. The van der Waals surface area contributed by atoms with Crippen LogP contribution in [0.3, 0.4) is 0 Å². The molecule has 0 saturated heterocycles. The van der Waals surface area contributed by atoms with Crippen molar-refractivity contribution in [2.24, 2.45) is 0 Å². The molecule has 2 aromatic carbocycles. The number of phenols is 1. The number of phenolic OH excluding ortho intramolecular Hbond substituents is 1. The SMILES string of the molecule is CC(C)(C)c1ccc(O)cc1F.CC(C)(C)c1ccc(OS(=O)(=O)C(F)(F)F)cc1F. The second-order valence-corrected chi connectivity index (χ2v) is 10.3. The number of rotatable bonds is 2. The minimum atomic E-state index is -5.78. The highest BCUT2D eigenvalue weighted by Gasteiger charge is 2.48. The summed E-state index contributed by atoms with van der Waals surface area (Å²) in [5.41, 5.74) is -5.46. The van der Waals surface area contributed by atoms with Gasteiger partial charge in [0.2, 0.25) is 0 Å². The minimum Gasteiger partial charge on any atom is -0.508 e. The van der Waals surface area contributed by atoms with Crippen molar-refractivity contribution < 1.29 is 39.7 Å². The van der Waals surface area contributed by atoms with Gasteiger partial charge < -0.3 is 9.29 Å². The molecule has 2 rings (SSSR count). The molecule has 1 N–H and O–H groups in total. The van der Waals surface area contributed by atoms with Crippen molar-refractivity contribution in [3.63, 3.8) is 0 Å². The van der Waals surface area contributed by atoms with E-state index in [0.717, 1.165) is 12.1 Å². The van der Waals surface area contributed by atoms with Crippen LogP contribution in [0.5, 0.6) is 11.5 Å². The van der Waals surface area contributed by atoms with E-state index >= 15 is 0 Å². The molecule has 4 nitrogen and oxygen atoms in total. The molecule has 174 valence electrons. The third-order valence-corrected chi connectivity index (χ3v) is 4.98. The maximum absolute atomic E-state index is 13.7.